The summed E-state index contributed by atoms with van der Waals surface area (Å²) in [4.78, 5) is 0. The minimum Gasteiger partial charge on any atom is -0.269 e. The molecule has 0 saturated heterocycles. The molecule has 86 valence electrons. The SMILES string of the molecule is CCCN(N)CC(I)CCCCCI. The smallest absolute Gasteiger partial charge is 0.0251 e. The third-order valence-corrected chi connectivity index (χ3v) is 3.87. The molecule has 2 nitrogen and oxygen atoms in total. The van der Waals surface area contributed by atoms with E-state index in [-0.39, 0.29) is 0 Å². The first-order valence-corrected chi connectivity index (χ1v) is 8.17. The molecule has 0 aromatic rings. The van der Waals surface area contributed by atoms with E-state index in [1.54, 1.807) is 0 Å². The summed E-state index contributed by atoms with van der Waals surface area (Å²) in [7, 11) is 0. The zero-order valence-electron chi connectivity index (χ0n) is 9.01. The average molecular weight is 424 g/mol. The van der Waals surface area contributed by atoms with E-state index in [1.807, 2.05) is 5.01 Å². The van der Waals surface area contributed by atoms with Crippen LogP contribution >= 0.6 is 45.2 Å². The van der Waals surface area contributed by atoms with E-state index < -0.39 is 0 Å². The van der Waals surface area contributed by atoms with Crippen molar-refractivity contribution in [2.24, 2.45) is 5.84 Å². The number of nitrogens with zero attached hydrogens (tertiary/aromatic N) is 1. The maximum absolute atomic E-state index is 5.84. The fourth-order valence-electron chi connectivity index (χ4n) is 1.36. The molecule has 4 heteroatoms. The van der Waals surface area contributed by atoms with Crippen LogP contribution in [0.1, 0.15) is 39.0 Å². The summed E-state index contributed by atoms with van der Waals surface area (Å²) in [5.74, 6) is 5.84. The Bertz CT molecular complexity index is 123. The minimum absolute atomic E-state index is 0.721. The van der Waals surface area contributed by atoms with E-state index >= 15 is 0 Å². The normalized spacial score (nSPS) is 13.5. The summed E-state index contributed by atoms with van der Waals surface area (Å²) < 4.78 is 2.01. The molecule has 0 rings (SSSR count). The third-order valence-electron chi connectivity index (χ3n) is 2.09. The zero-order valence-corrected chi connectivity index (χ0v) is 13.3. The summed E-state index contributed by atoms with van der Waals surface area (Å²) in [5.41, 5.74) is 0. The van der Waals surface area contributed by atoms with Gasteiger partial charge in [0.05, 0.1) is 0 Å². The quantitative estimate of drug-likeness (QED) is 0.202. The van der Waals surface area contributed by atoms with Gasteiger partial charge in [0.25, 0.3) is 0 Å². The number of alkyl halides is 2. The summed E-state index contributed by atoms with van der Waals surface area (Å²) in [6.07, 6.45) is 6.56. The van der Waals surface area contributed by atoms with E-state index in [1.165, 1.54) is 30.1 Å². The van der Waals surface area contributed by atoms with E-state index in [0.717, 1.165) is 23.4 Å². The first-order chi connectivity index (χ1) is 6.70. The predicted octanol–water partition coefficient (Wildman–Crippen LogP) is 3.37. The van der Waals surface area contributed by atoms with Crippen molar-refractivity contribution in [1.82, 2.24) is 5.01 Å². The summed E-state index contributed by atoms with van der Waals surface area (Å²) in [6.45, 7) is 4.23. The van der Waals surface area contributed by atoms with Gasteiger partial charge in [0, 0.05) is 17.0 Å². The Morgan fingerprint density at radius 1 is 1.29 bits per heavy atom. The molecule has 0 fully saturated rings. The van der Waals surface area contributed by atoms with Gasteiger partial charge in [0.15, 0.2) is 0 Å². The highest BCUT2D eigenvalue weighted by atomic mass is 127. The van der Waals surface area contributed by atoms with Gasteiger partial charge in [-0.1, -0.05) is 64.9 Å². The molecule has 0 radical (unpaired) electrons. The lowest BCUT2D eigenvalue weighted by Gasteiger charge is -2.18. The number of rotatable bonds is 9. The second kappa shape index (κ2) is 10.9. The first kappa shape index (κ1) is 15.4. The molecule has 0 aliphatic heterocycles. The van der Waals surface area contributed by atoms with Gasteiger partial charge in [-0.25, -0.2) is 5.01 Å². The monoisotopic (exact) mass is 424 g/mol. The van der Waals surface area contributed by atoms with Crippen LogP contribution in [0.3, 0.4) is 0 Å². The standard InChI is InChI=1S/C10H22I2N2/c1-2-8-14(13)9-10(12)6-4-3-5-7-11/h10H,2-9,13H2,1H3. The van der Waals surface area contributed by atoms with E-state index in [9.17, 15) is 0 Å². The minimum atomic E-state index is 0.721. The van der Waals surface area contributed by atoms with Crippen molar-refractivity contribution in [2.45, 2.75) is 43.0 Å². The maximum atomic E-state index is 5.84. The van der Waals surface area contributed by atoms with Crippen LogP contribution in [0.15, 0.2) is 0 Å². The number of unbranched alkanes of at least 4 members (excludes halogenated alkanes) is 2. The molecule has 0 saturated carbocycles. The molecule has 0 bridgehead atoms. The fraction of sp³-hybridized carbons (Fsp3) is 1.00. The average Bonchev–Trinajstić information content (AvgIpc) is 2.13. The summed E-state index contributed by atoms with van der Waals surface area (Å²) in [6, 6.07) is 0. The Kier molecular flexibility index (Phi) is 12.0. The fourth-order valence-corrected chi connectivity index (χ4v) is 2.85. The number of hydrogen-bond acceptors (Lipinski definition) is 2. The van der Waals surface area contributed by atoms with Gasteiger partial charge in [0.2, 0.25) is 0 Å². The van der Waals surface area contributed by atoms with Crippen LogP contribution in [0.5, 0.6) is 0 Å². The van der Waals surface area contributed by atoms with Crippen molar-refractivity contribution in [1.29, 1.82) is 0 Å². The first-order valence-electron chi connectivity index (χ1n) is 5.40. The Labute approximate surface area is 116 Å². The van der Waals surface area contributed by atoms with Crippen LogP contribution < -0.4 is 5.84 Å². The van der Waals surface area contributed by atoms with Crippen molar-refractivity contribution < 1.29 is 0 Å². The Morgan fingerprint density at radius 3 is 2.57 bits per heavy atom. The van der Waals surface area contributed by atoms with Gasteiger partial charge in [0.1, 0.15) is 0 Å². The van der Waals surface area contributed by atoms with Crippen LogP contribution in [-0.2, 0) is 0 Å². The molecule has 0 spiro atoms. The van der Waals surface area contributed by atoms with Gasteiger partial charge in [-0.2, -0.15) is 0 Å². The van der Waals surface area contributed by atoms with Crippen LogP contribution in [0.25, 0.3) is 0 Å². The van der Waals surface area contributed by atoms with Gasteiger partial charge >= 0.3 is 0 Å². The van der Waals surface area contributed by atoms with E-state index in [0.29, 0.717) is 0 Å². The van der Waals surface area contributed by atoms with E-state index in [2.05, 4.69) is 52.1 Å². The molecule has 0 aliphatic carbocycles. The summed E-state index contributed by atoms with van der Waals surface area (Å²) in [5, 5.41) is 1.95. The number of hydrogen-bond donors (Lipinski definition) is 1. The molecule has 1 atom stereocenters. The van der Waals surface area contributed by atoms with Crippen LogP contribution in [0.2, 0.25) is 0 Å². The highest BCUT2D eigenvalue weighted by Crippen LogP contribution is 2.12. The molecule has 0 amide bonds. The van der Waals surface area contributed by atoms with Gasteiger partial charge in [-0.15, -0.1) is 0 Å². The third kappa shape index (κ3) is 9.92. The molecular weight excluding hydrogens is 402 g/mol. The molecular formula is C10H22I2N2. The Balaban J connectivity index is 3.30. The predicted molar refractivity (Wildman–Crippen MR) is 81.2 cm³/mol. The Morgan fingerprint density at radius 2 is 2.00 bits per heavy atom. The second-order valence-electron chi connectivity index (χ2n) is 3.63. The molecule has 14 heavy (non-hydrogen) atoms. The maximum Gasteiger partial charge on any atom is 0.0251 e. The van der Waals surface area contributed by atoms with Gasteiger partial charge < -0.3 is 0 Å². The second-order valence-corrected chi connectivity index (χ2v) is 6.47. The van der Waals surface area contributed by atoms with Crippen molar-refractivity contribution in [3.63, 3.8) is 0 Å². The number of nitrogens with two attached hydrogens (primary N) is 1. The molecule has 0 heterocycles. The van der Waals surface area contributed by atoms with Crippen LogP contribution in [0.4, 0.5) is 0 Å². The van der Waals surface area contributed by atoms with Gasteiger partial charge in [-0.05, 0) is 23.7 Å². The van der Waals surface area contributed by atoms with Crippen molar-refractivity contribution in [3.8, 4) is 0 Å². The molecule has 0 aromatic heterocycles. The largest absolute Gasteiger partial charge is 0.269 e. The highest BCUT2D eigenvalue weighted by Gasteiger charge is 2.07. The Hall–Kier alpha value is 1.38. The molecule has 1 unspecified atom stereocenters. The zero-order chi connectivity index (χ0) is 10.8. The topological polar surface area (TPSA) is 29.3 Å². The highest BCUT2D eigenvalue weighted by molar-refractivity contribution is 14.1. The van der Waals surface area contributed by atoms with Crippen molar-refractivity contribution in [3.05, 3.63) is 0 Å². The number of hydrazine groups is 1. The molecule has 0 aromatic carbocycles. The van der Waals surface area contributed by atoms with E-state index in [4.69, 9.17) is 5.84 Å². The number of halogens is 2. The van der Waals surface area contributed by atoms with Gasteiger partial charge in [-0.3, -0.25) is 5.84 Å². The lowest BCUT2D eigenvalue weighted by molar-refractivity contribution is 0.284. The lowest BCUT2D eigenvalue weighted by Crippen LogP contribution is -2.36. The lowest BCUT2D eigenvalue weighted by atomic mass is 10.1. The molecule has 0 aliphatic rings. The van der Waals surface area contributed by atoms with Crippen molar-refractivity contribution >= 4 is 45.2 Å². The van der Waals surface area contributed by atoms with Crippen LogP contribution in [0, 0.1) is 0 Å². The van der Waals surface area contributed by atoms with Crippen molar-refractivity contribution in [2.75, 3.05) is 17.5 Å². The summed E-state index contributed by atoms with van der Waals surface area (Å²) >= 11 is 4.97. The van der Waals surface area contributed by atoms with Crippen LogP contribution in [-0.4, -0.2) is 26.5 Å². The molecule has 2 N–H and O–H groups in total.